The fourth-order valence-corrected chi connectivity index (χ4v) is 1.22. The molecule has 4 N–H and O–H groups in total. The number of hydrogen-bond acceptors (Lipinski definition) is 3. The van der Waals surface area contributed by atoms with E-state index in [1.54, 1.807) is 0 Å². The van der Waals surface area contributed by atoms with E-state index in [0.29, 0.717) is 6.54 Å². The van der Waals surface area contributed by atoms with Crippen molar-refractivity contribution >= 4 is 5.97 Å². The first kappa shape index (κ1) is 13.4. The molecule has 1 atom stereocenters. The van der Waals surface area contributed by atoms with E-state index in [9.17, 15) is 4.79 Å². The van der Waals surface area contributed by atoms with Crippen LogP contribution in [-0.4, -0.2) is 30.2 Å². The van der Waals surface area contributed by atoms with Crippen LogP contribution in [0.15, 0.2) is 0 Å². The molecule has 0 fully saturated rings. The van der Waals surface area contributed by atoms with Crippen LogP contribution in [0.2, 0.25) is 0 Å². The first-order valence-electron chi connectivity index (χ1n) is 5.20. The Morgan fingerprint density at radius 2 is 2.14 bits per heavy atom. The maximum Gasteiger partial charge on any atom is 0.304 e. The molecule has 0 saturated carbocycles. The normalized spacial score (nSPS) is 13.1. The highest BCUT2D eigenvalue weighted by Gasteiger charge is 2.06. The monoisotopic (exact) mass is 202 g/mol. The van der Waals surface area contributed by atoms with Gasteiger partial charge in [0.25, 0.3) is 0 Å². The molecule has 4 heteroatoms. The van der Waals surface area contributed by atoms with Gasteiger partial charge in [0.05, 0.1) is 6.42 Å². The molecule has 0 aromatic heterocycles. The van der Waals surface area contributed by atoms with E-state index in [1.807, 2.05) is 0 Å². The summed E-state index contributed by atoms with van der Waals surface area (Å²) in [7, 11) is 0. The molecule has 0 aliphatic rings. The zero-order valence-corrected chi connectivity index (χ0v) is 9.12. The summed E-state index contributed by atoms with van der Waals surface area (Å²) in [6.45, 7) is 5.89. The molecule has 4 nitrogen and oxygen atoms in total. The minimum absolute atomic E-state index is 0.0389. The quantitative estimate of drug-likeness (QED) is 0.509. The summed E-state index contributed by atoms with van der Waals surface area (Å²) in [6, 6.07) is -0.272. The van der Waals surface area contributed by atoms with Crippen molar-refractivity contribution in [2.75, 3.05) is 13.1 Å². The molecule has 0 heterocycles. The Morgan fingerprint density at radius 1 is 1.50 bits per heavy atom. The molecule has 0 amide bonds. The third kappa shape index (κ3) is 9.48. The lowest BCUT2D eigenvalue weighted by atomic mass is 10.1. The molecule has 0 aliphatic carbocycles. The van der Waals surface area contributed by atoms with Crippen LogP contribution in [0, 0.1) is 5.92 Å². The topological polar surface area (TPSA) is 75.3 Å². The highest BCUT2D eigenvalue weighted by atomic mass is 16.4. The lowest BCUT2D eigenvalue weighted by Gasteiger charge is -2.10. The van der Waals surface area contributed by atoms with Gasteiger partial charge in [0.15, 0.2) is 0 Å². The fourth-order valence-electron chi connectivity index (χ4n) is 1.22. The largest absolute Gasteiger partial charge is 0.481 e. The molecular weight excluding hydrogens is 180 g/mol. The van der Waals surface area contributed by atoms with Crippen molar-refractivity contribution < 1.29 is 9.90 Å². The molecule has 0 radical (unpaired) electrons. The van der Waals surface area contributed by atoms with Gasteiger partial charge >= 0.3 is 5.97 Å². The smallest absolute Gasteiger partial charge is 0.304 e. The molecular formula is C10H22N2O2. The van der Waals surface area contributed by atoms with Gasteiger partial charge in [0.1, 0.15) is 0 Å². The number of carboxylic acid groups (broad SMARTS) is 1. The number of nitrogens with two attached hydrogens (primary N) is 1. The Hall–Kier alpha value is -0.610. The molecule has 0 aromatic carbocycles. The predicted octanol–water partition coefficient (Wildman–Crippen LogP) is 0.814. The Bertz CT molecular complexity index is 160. The third-order valence-corrected chi connectivity index (χ3v) is 1.98. The van der Waals surface area contributed by atoms with Crippen LogP contribution in [0.3, 0.4) is 0 Å². The van der Waals surface area contributed by atoms with Crippen molar-refractivity contribution in [2.45, 2.75) is 39.2 Å². The van der Waals surface area contributed by atoms with Gasteiger partial charge in [-0.15, -0.1) is 0 Å². The van der Waals surface area contributed by atoms with Crippen LogP contribution in [0.4, 0.5) is 0 Å². The molecule has 0 spiro atoms. The summed E-state index contributed by atoms with van der Waals surface area (Å²) < 4.78 is 0. The van der Waals surface area contributed by atoms with E-state index in [1.165, 1.54) is 6.42 Å². The predicted molar refractivity (Wildman–Crippen MR) is 57.2 cm³/mol. The van der Waals surface area contributed by atoms with Gasteiger partial charge in [-0.3, -0.25) is 4.79 Å². The SMILES string of the molecule is CC(C)CCCNCC(N)CC(=O)O. The molecule has 1 unspecified atom stereocenters. The third-order valence-electron chi connectivity index (χ3n) is 1.98. The second-order valence-corrected chi connectivity index (χ2v) is 4.10. The van der Waals surface area contributed by atoms with Crippen molar-refractivity contribution in [1.82, 2.24) is 5.32 Å². The molecule has 0 aromatic rings. The number of aliphatic carboxylic acids is 1. The van der Waals surface area contributed by atoms with Crippen molar-refractivity contribution in [1.29, 1.82) is 0 Å². The maximum atomic E-state index is 10.3. The molecule has 0 bridgehead atoms. The van der Waals surface area contributed by atoms with E-state index in [-0.39, 0.29) is 12.5 Å². The molecule has 0 aliphatic heterocycles. The molecule has 0 saturated heterocycles. The van der Waals surface area contributed by atoms with Crippen molar-refractivity contribution in [3.8, 4) is 0 Å². The van der Waals surface area contributed by atoms with Crippen LogP contribution in [-0.2, 0) is 4.79 Å². The van der Waals surface area contributed by atoms with Gasteiger partial charge in [0, 0.05) is 12.6 Å². The lowest BCUT2D eigenvalue weighted by molar-refractivity contribution is -0.137. The molecule has 0 rings (SSSR count). The van der Waals surface area contributed by atoms with Crippen LogP contribution in [0.25, 0.3) is 0 Å². The van der Waals surface area contributed by atoms with Crippen molar-refractivity contribution in [3.05, 3.63) is 0 Å². The number of carboxylic acids is 1. The number of hydrogen-bond donors (Lipinski definition) is 3. The first-order chi connectivity index (χ1) is 6.52. The lowest BCUT2D eigenvalue weighted by Crippen LogP contribution is -2.36. The number of nitrogens with one attached hydrogen (secondary N) is 1. The Balaban J connectivity index is 3.23. The molecule has 14 heavy (non-hydrogen) atoms. The van der Waals surface area contributed by atoms with Gasteiger partial charge in [-0.25, -0.2) is 0 Å². The standard InChI is InChI=1S/C10H22N2O2/c1-8(2)4-3-5-12-7-9(11)6-10(13)14/h8-9,12H,3-7,11H2,1-2H3,(H,13,14). The Morgan fingerprint density at radius 3 is 2.64 bits per heavy atom. The van der Waals surface area contributed by atoms with Crippen LogP contribution in [0.5, 0.6) is 0 Å². The number of carbonyl (C=O) groups is 1. The van der Waals surface area contributed by atoms with Crippen molar-refractivity contribution in [3.63, 3.8) is 0 Å². The summed E-state index contributed by atoms with van der Waals surface area (Å²) in [5, 5.41) is 11.6. The average molecular weight is 202 g/mol. The first-order valence-corrected chi connectivity index (χ1v) is 5.20. The Kier molecular flexibility index (Phi) is 7.42. The van der Waals surface area contributed by atoms with Crippen molar-refractivity contribution in [2.24, 2.45) is 11.7 Å². The number of rotatable bonds is 8. The second kappa shape index (κ2) is 7.76. The second-order valence-electron chi connectivity index (χ2n) is 4.10. The summed E-state index contributed by atoms with van der Waals surface area (Å²) in [5.74, 6) is -0.106. The van der Waals surface area contributed by atoms with E-state index in [0.717, 1.165) is 18.9 Å². The minimum Gasteiger partial charge on any atom is -0.481 e. The van der Waals surface area contributed by atoms with Gasteiger partial charge in [-0.05, 0) is 25.3 Å². The Labute approximate surface area is 85.9 Å². The van der Waals surface area contributed by atoms with E-state index in [4.69, 9.17) is 10.8 Å². The van der Waals surface area contributed by atoms with Gasteiger partial charge in [0.2, 0.25) is 0 Å². The van der Waals surface area contributed by atoms with E-state index >= 15 is 0 Å². The van der Waals surface area contributed by atoms with Gasteiger partial charge in [-0.2, -0.15) is 0 Å². The highest BCUT2D eigenvalue weighted by molar-refractivity contribution is 5.67. The summed E-state index contributed by atoms with van der Waals surface area (Å²) in [6.07, 6.45) is 2.36. The summed E-state index contributed by atoms with van der Waals surface area (Å²) in [5.41, 5.74) is 5.57. The average Bonchev–Trinajstić information content (AvgIpc) is 2.01. The van der Waals surface area contributed by atoms with Crippen LogP contribution < -0.4 is 11.1 Å². The summed E-state index contributed by atoms with van der Waals surface area (Å²) >= 11 is 0. The van der Waals surface area contributed by atoms with Crippen LogP contribution in [0.1, 0.15) is 33.1 Å². The molecule has 84 valence electrons. The van der Waals surface area contributed by atoms with E-state index in [2.05, 4.69) is 19.2 Å². The summed E-state index contributed by atoms with van der Waals surface area (Å²) in [4.78, 5) is 10.3. The minimum atomic E-state index is -0.832. The zero-order valence-electron chi connectivity index (χ0n) is 9.12. The highest BCUT2D eigenvalue weighted by Crippen LogP contribution is 2.01. The van der Waals surface area contributed by atoms with Gasteiger partial charge in [-0.1, -0.05) is 13.8 Å². The van der Waals surface area contributed by atoms with Gasteiger partial charge < -0.3 is 16.2 Å². The fraction of sp³-hybridized carbons (Fsp3) is 0.900. The van der Waals surface area contributed by atoms with E-state index < -0.39 is 5.97 Å². The van der Waals surface area contributed by atoms with Crippen LogP contribution >= 0.6 is 0 Å². The zero-order chi connectivity index (χ0) is 11.0. The maximum absolute atomic E-state index is 10.3.